The SMILES string of the molecule is O=S(=O)(NCCSCCCO)c1cnc(Cl)c(Cl)c1. The van der Waals surface area contributed by atoms with Gasteiger partial charge >= 0.3 is 0 Å². The molecule has 0 fully saturated rings. The standard InChI is InChI=1S/C10H14Cl2N2O3S2/c11-9-6-8(7-13-10(9)12)19(16,17)14-2-5-18-4-1-3-15/h6-7,14-15H,1-5H2. The molecule has 0 aliphatic rings. The molecule has 1 aromatic rings. The summed E-state index contributed by atoms with van der Waals surface area (Å²) in [4.78, 5) is 3.68. The summed E-state index contributed by atoms with van der Waals surface area (Å²) in [7, 11) is -3.61. The van der Waals surface area contributed by atoms with E-state index in [1.807, 2.05) is 0 Å². The molecule has 0 aliphatic heterocycles. The third-order valence-electron chi connectivity index (χ3n) is 2.07. The van der Waals surface area contributed by atoms with Crippen LogP contribution in [0.5, 0.6) is 0 Å². The van der Waals surface area contributed by atoms with Crippen molar-refractivity contribution >= 4 is 45.0 Å². The van der Waals surface area contributed by atoms with Crippen molar-refractivity contribution in [3.63, 3.8) is 0 Å². The fourth-order valence-corrected chi connectivity index (χ4v) is 3.40. The Bertz CT molecular complexity index is 511. The quantitative estimate of drug-likeness (QED) is 0.555. The zero-order chi connectivity index (χ0) is 14.3. The highest BCUT2D eigenvalue weighted by Gasteiger charge is 2.15. The minimum Gasteiger partial charge on any atom is -0.396 e. The first-order valence-electron chi connectivity index (χ1n) is 5.46. The Balaban J connectivity index is 2.49. The molecule has 0 aromatic carbocycles. The van der Waals surface area contributed by atoms with Crippen LogP contribution >= 0.6 is 35.0 Å². The molecule has 0 amide bonds. The summed E-state index contributed by atoms with van der Waals surface area (Å²) in [6, 6.07) is 1.26. The van der Waals surface area contributed by atoms with E-state index in [9.17, 15) is 8.42 Å². The fourth-order valence-electron chi connectivity index (χ4n) is 1.15. The number of aliphatic hydroxyl groups excluding tert-OH is 1. The maximum Gasteiger partial charge on any atom is 0.242 e. The van der Waals surface area contributed by atoms with Crippen LogP contribution in [0.25, 0.3) is 0 Å². The molecule has 0 radical (unpaired) electrons. The Morgan fingerprint density at radius 1 is 1.37 bits per heavy atom. The van der Waals surface area contributed by atoms with Crippen LogP contribution in [-0.4, -0.2) is 43.2 Å². The van der Waals surface area contributed by atoms with Gasteiger partial charge in [0.05, 0.1) is 5.02 Å². The number of hydrogen-bond donors (Lipinski definition) is 2. The van der Waals surface area contributed by atoms with Gasteiger partial charge in [-0.25, -0.2) is 18.1 Å². The minimum atomic E-state index is -3.61. The first-order chi connectivity index (χ1) is 8.97. The number of rotatable bonds is 8. The van der Waals surface area contributed by atoms with Crippen molar-refractivity contribution in [2.24, 2.45) is 0 Å². The molecule has 19 heavy (non-hydrogen) atoms. The molecule has 108 valence electrons. The molecule has 0 atom stereocenters. The van der Waals surface area contributed by atoms with E-state index in [0.29, 0.717) is 18.7 Å². The molecule has 9 heteroatoms. The summed E-state index contributed by atoms with van der Waals surface area (Å²) >= 11 is 12.9. The molecule has 0 saturated carbocycles. The number of aromatic nitrogens is 1. The monoisotopic (exact) mass is 344 g/mol. The first-order valence-corrected chi connectivity index (χ1v) is 8.86. The van der Waals surface area contributed by atoms with Crippen LogP contribution in [0, 0.1) is 0 Å². The molecular formula is C10H14Cl2N2O3S2. The summed E-state index contributed by atoms with van der Waals surface area (Å²) in [5, 5.41) is 8.76. The smallest absolute Gasteiger partial charge is 0.242 e. The third-order valence-corrected chi connectivity index (χ3v) is 5.25. The van der Waals surface area contributed by atoms with Crippen molar-refractivity contribution in [2.75, 3.05) is 24.7 Å². The van der Waals surface area contributed by atoms with E-state index in [1.54, 1.807) is 11.8 Å². The number of aliphatic hydroxyl groups is 1. The second kappa shape index (κ2) is 8.28. The Labute approximate surface area is 126 Å². The third kappa shape index (κ3) is 5.85. The Morgan fingerprint density at radius 3 is 2.74 bits per heavy atom. The van der Waals surface area contributed by atoms with Crippen LogP contribution in [0.4, 0.5) is 0 Å². The normalized spacial score (nSPS) is 11.7. The summed E-state index contributed by atoms with van der Waals surface area (Å²) in [5.74, 6) is 1.43. The van der Waals surface area contributed by atoms with E-state index in [2.05, 4.69) is 9.71 Å². The van der Waals surface area contributed by atoms with E-state index in [-0.39, 0.29) is 21.7 Å². The maximum absolute atomic E-state index is 11.9. The molecule has 2 N–H and O–H groups in total. The van der Waals surface area contributed by atoms with E-state index >= 15 is 0 Å². The van der Waals surface area contributed by atoms with Gasteiger partial charge in [-0.1, -0.05) is 23.2 Å². The molecule has 1 aromatic heterocycles. The van der Waals surface area contributed by atoms with Crippen molar-refractivity contribution < 1.29 is 13.5 Å². The van der Waals surface area contributed by atoms with Gasteiger partial charge in [0.2, 0.25) is 10.0 Å². The summed E-state index contributed by atoms with van der Waals surface area (Å²) < 4.78 is 26.2. The van der Waals surface area contributed by atoms with Gasteiger partial charge in [-0.15, -0.1) is 0 Å². The number of nitrogens with zero attached hydrogens (tertiary/aromatic N) is 1. The fraction of sp³-hybridized carbons (Fsp3) is 0.500. The zero-order valence-electron chi connectivity index (χ0n) is 9.97. The zero-order valence-corrected chi connectivity index (χ0v) is 13.1. The van der Waals surface area contributed by atoms with Crippen molar-refractivity contribution in [3.8, 4) is 0 Å². The lowest BCUT2D eigenvalue weighted by atomic mass is 10.5. The van der Waals surface area contributed by atoms with Crippen LogP contribution < -0.4 is 4.72 Å². The summed E-state index contributed by atoms with van der Waals surface area (Å²) in [6.45, 7) is 0.451. The lowest BCUT2D eigenvalue weighted by molar-refractivity contribution is 0.296. The van der Waals surface area contributed by atoms with Gasteiger partial charge in [-0.3, -0.25) is 0 Å². The van der Waals surface area contributed by atoms with Crippen molar-refractivity contribution in [2.45, 2.75) is 11.3 Å². The highest BCUT2D eigenvalue weighted by atomic mass is 35.5. The molecule has 5 nitrogen and oxygen atoms in total. The van der Waals surface area contributed by atoms with Crippen LogP contribution in [-0.2, 0) is 10.0 Å². The lowest BCUT2D eigenvalue weighted by Gasteiger charge is -2.07. The second-order valence-electron chi connectivity index (χ2n) is 3.53. The summed E-state index contributed by atoms with van der Waals surface area (Å²) in [6.07, 6.45) is 1.86. The van der Waals surface area contributed by atoms with E-state index in [1.165, 1.54) is 6.07 Å². The van der Waals surface area contributed by atoms with Gasteiger partial charge in [0, 0.05) is 25.1 Å². The van der Waals surface area contributed by atoms with Crippen molar-refractivity contribution in [1.82, 2.24) is 9.71 Å². The largest absolute Gasteiger partial charge is 0.396 e. The van der Waals surface area contributed by atoms with Crippen molar-refractivity contribution in [1.29, 1.82) is 0 Å². The number of halogens is 2. The average Bonchev–Trinajstić information content (AvgIpc) is 2.36. The highest BCUT2D eigenvalue weighted by molar-refractivity contribution is 7.99. The molecule has 0 unspecified atom stereocenters. The molecule has 0 saturated heterocycles. The Kier molecular flexibility index (Phi) is 7.41. The van der Waals surface area contributed by atoms with Crippen molar-refractivity contribution in [3.05, 3.63) is 22.4 Å². The second-order valence-corrected chi connectivity index (χ2v) is 7.29. The number of nitrogens with one attached hydrogen (secondary N) is 1. The van der Waals surface area contributed by atoms with Gasteiger partial charge in [0.1, 0.15) is 10.0 Å². The minimum absolute atomic E-state index is 0.0118. The Hall–Kier alpha value is -0.0500. The number of hydrogen-bond acceptors (Lipinski definition) is 5. The predicted octanol–water partition coefficient (Wildman–Crippen LogP) is 1.78. The number of pyridine rings is 1. The molecular weight excluding hydrogens is 331 g/mol. The van der Waals surface area contributed by atoms with E-state index in [4.69, 9.17) is 28.3 Å². The average molecular weight is 345 g/mol. The van der Waals surface area contributed by atoms with Crippen LogP contribution in [0.2, 0.25) is 10.2 Å². The van der Waals surface area contributed by atoms with Gasteiger partial charge in [0.25, 0.3) is 0 Å². The van der Waals surface area contributed by atoms with E-state index in [0.717, 1.165) is 11.9 Å². The van der Waals surface area contributed by atoms with Crippen LogP contribution in [0.1, 0.15) is 6.42 Å². The summed E-state index contributed by atoms with van der Waals surface area (Å²) in [5.41, 5.74) is 0. The molecule has 0 bridgehead atoms. The number of thioether (sulfide) groups is 1. The lowest BCUT2D eigenvalue weighted by Crippen LogP contribution is -2.26. The van der Waals surface area contributed by atoms with Gasteiger partial charge < -0.3 is 5.11 Å². The number of sulfonamides is 1. The van der Waals surface area contributed by atoms with Crippen LogP contribution in [0.3, 0.4) is 0 Å². The predicted molar refractivity (Wildman–Crippen MR) is 78.5 cm³/mol. The Morgan fingerprint density at radius 2 is 2.11 bits per heavy atom. The molecule has 1 rings (SSSR count). The molecule has 0 aliphatic carbocycles. The maximum atomic E-state index is 11.9. The van der Waals surface area contributed by atoms with Gasteiger partial charge in [-0.05, 0) is 18.2 Å². The van der Waals surface area contributed by atoms with E-state index < -0.39 is 10.0 Å². The highest BCUT2D eigenvalue weighted by Crippen LogP contribution is 2.21. The van der Waals surface area contributed by atoms with Gasteiger partial charge in [-0.2, -0.15) is 11.8 Å². The molecule has 0 spiro atoms. The topological polar surface area (TPSA) is 79.3 Å². The van der Waals surface area contributed by atoms with Crippen LogP contribution in [0.15, 0.2) is 17.2 Å². The molecule has 1 heterocycles. The first kappa shape index (κ1) is 17.0. The van der Waals surface area contributed by atoms with Gasteiger partial charge in [0.15, 0.2) is 0 Å².